The molecule has 86 valence electrons. The molecule has 2 N–H and O–H groups in total. The molecule has 1 saturated heterocycles. The minimum Gasteiger partial charge on any atom is -0.480 e. The Kier molecular flexibility index (Phi) is 3.21. The third-order valence-corrected chi connectivity index (χ3v) is 3.21. The van der Waals surface area contributed by atoms with Crippen molar-refractivity contribution in [2.24, 2.45) is 0 Å². The molecule has 1 aliphatic heterocycles. The number of piperazine rings is 1. The van der Waals surface area contributed by atoms with E-state index in [2.05, 4.69) is 5.32 Å². The van der Waals surface area contributed by atoms with Crippen LogP contribution < -0.4 is 5.32 Å². The van der Waals surface area contributed by atoms with Crippen LogP contribution in [0.1, 0.15) is 10.4 Å². The molecule has 1 aliphatic rings. The zero-order valence-corrected chi connectivity index (χ0v) is 9.37. The minimum absolute atomic E-state index is 0.0889. The van der Waals surface area contributed by atoms with Gasteiger partial charge in [0.1, 0.15) is 6.04 Å². The van der Waals surface area contributed by atoms with Gasteiger partial charge in [0.05, 0.1) is 5.56 Å². The first-order valence-electron chi connectivity index (χ1n) is 4.96. The summed E-state index contributed by atoms with van der Waals surface area (Å²) in [4.78, 5) is 24.3. The average Bonchev–Trinajstić information content (AvgIpc) is 2.81. The summed E-state index contributed by atoms with van der Waals surface area (Å²) in [6.07, 6.45) is 0. The summed E-state index contributed by atoms with van der Waals surface area (Å²) < 4.78 is 0. The van der Waals surface area contributed by atoms with Gasteiger partial charge < -0.3 is 15.3 Å². The predicted octanol–water partition coefficient (Wildman–Crippen LogP) is 0.247. The van der Waals surface area contributed by atoms with E-state index in [9.17, 15) is 9.59 Å². The highest BCUT2D eigenvalue weighted by atomic mass is 32.1. The van der Waals surface area contributed by atoms with Crippen molar-refractivity contribution in [1.29, 1.82) is 0 Å². The fraction of sp³-hybridized carbons (Fsp3) is 0.400. The first-order chi connectivity index (χ1) is 7.68. The molecule has 0 radical (unpaired) electrons. The van der Waals surface area contributed by atoms with Gasteiger partial charge in [0, 0.05) is 25.0 Å². The van der Waals surface area contributed by atoms with Crippen LogP contribution in [0.3, 0.4) is 0 Å². The van der Waals surface area contributed by atoms with Crippen LogP contribution in [-0.4, -0.2) is 47.6 Å². The Morgan fingerprint density at radius 1 is 1.56 bits per heavy atom. The highest BCUT2D eigenvalue weighted by Crippen LogP contribution is 2.11. The fourth-order valence-corrected chi connectivity index (χ4v) is 2.30. The lowest BCUT2D eigenvalue weighted by atomic mass is 10.2. The monoisotopic (exact) mass is 240 g/mol. The van der Waals surface area contributed by atoms with Crippen LogP contribution in [0.4, 0.5) is 0 Å². The molecule has 5 nitrogen and oxygen atoms in total. The molecule has 2 heterocycles. The second-order valence-electron chi connectivity index (χ2n) is 3.61. The first kappa shape index (κ1) is 11.1. The highest BCUT2D eigenvalue weighted by Gasteiger charge is 2.28. The number of amides is 1. The Hall–Kier alpha value is -1.40. The van der Waals surface area contributed by atoms with E-state index in [-0.39, 0.29) is 12.5 Å². The van der Waals surface area contributed by atoms with Crippen molar-refractivity contribution in [3.63, 3.8) is 0 Å². The Morgan fingerprint density at radius 3 is 3.00 bits per heavy atom. The smallest absolute Gasteiger partial charge is 0.322 e. The number of carboxylic acids is 1. The van der Waals surface area contributed by atoms with Gasteiger partial charge in [-0.1, -0.05) is 0 Å². The molecule has 1 aromatic heterocycles. The van der Waals surface area contributed by atoms with Crippen LogP contribution in [0.2, 0.25) is 0 Å². The molecule has 0 unspecified atom stereocenters. The molecule has 2 rings (SSSR count). The van der Waals surface area contributed by atoms with Gasteiger partial charge in [-0.2, -0.15) is 11.3 Å². The van der Waals surface area contributed by atoms with E-state index in [0.29, 0.717) is 18.7 Å². The Morgan fingerprint density at radius 2 is 2.38 bits per heavy atom. The second-order valence-corrected chi connectivity index (χ2v) is 4.39. The van der Waals surface area contributed by atoms with Crippen molar-refractivity contribution >= 4 is 23.2 Å². The molecule has 0 saturated carbocycles. The van der Waals surface area contributed by atoms with Gasteiger partial charge in [0.2, 0.25) is 0 Å². The number of hydrogen-bond donors (Lipinski definition) is 2. The summed E-state index contributed by atoms with van der Waals surface area (Å²) in [6.45, 7) is 1.30. The van der Waals surface area contributed by atoms with Crippen LogP contribution in [0, 0.1) is 0 Å². The van der Waals surface area contributed by atoms with Crippen LogP contribution in [-0.2, 0) is 4.79 Å². The molecule has 0 spiro atoms. The molecule has 0 bridgehead atoms. The molecule has 0 aromatic carbocycles. The zero-order chi connectivity index (χ0) is 11.5. The third-order valence-electron chi connectivity index (χ3n) is 2.53. The quantitative estimate of drug-likeness (QED) is 0.777. The summed E-state index contributed by atoms with van der Waals surface area (Å²) in [5.41, 5.74) is 0.635. The zero-order valence-electron chi connectivity index (χ0n) is 8.55. The standard InChI is InChI=1S/C10H12N2O3S/c13-9(7-1-4-16-6-7)12-3-2-11-8(5-12)10(14)15/h1,4,6,8,11H,2-3,5H2,(H,14,15)/t8-/m0/s1. The molecule has 1 atom stereocenters. The maximum Gasteiger partial charge on any atom is 0.322 e. The molecule has 0 aliphatic carbocycles. The predicted molar refractivity (Wildman–Crippen MR) is 59.6 cm³/mol. The van der Waals surface area contributed by atoms with Gasteiger partial charge >= 0.3 is 5.97 Å². The SMILES string of the molecule is O=C(O)[C@@H]1CN(C(=O)c2ccsc2)CCN1. The van der Waals surface area contributed by atoms with Crippen LogP contribution in [0.25, 0.3) is 0 Å². The second kappa shape index (κ2) is 4.63. The molecular formula is C10H12N2O3S. The van der Waals surface area contributed by atoms with Crippen LogP contribution in [0.15, 0.2) is 16.8 Å². The summed E-state index contributed by atoms with van der Waals surface area (Å²) in [5, 5.41) is 15.3. The van der Waals surface area contributed by atoms with Crippen molar-refractivity contribution in [3.05, 3.63) is 22.4 Å². The maximum absolute atomic E-state index is 11.9. The number of nitrogens with one attached hydrogen (secondary N) is 1. The van der Waals surface area contributed by atoms with Crippen molar-refractivity contribution in [2.75, 3.05) is 19.6 Å². The number of hydrogen-bond acceptors (Lipinski definition) is 4. The molecule has 16 heavy (non-hydrogen) atoms. The van der Waals surface area contributed by atoms with Crippen molar-refractivity contribution in [2.45, 2.75) is 6.04 Å². The summed E-state index contributed by atoms with van der Waals surface area (Å²) >= 11 is 1.46. The Balaban J connectivity index is 2.05. The summed E-state index contributed by atoms with van der Waals surface area (Å²) in [6, 6.07) is 1.10. The lowest BCUT2D eigenvalue weighted by Crippen LogP contribution is -2.55. The molecule has 1 amide bonds. The topological polar surface area (TPSA) is 69.6 Å². The molecule has 1 fully saturated rings. The number of rotatable bonds is 2. The maximum atomic E-state index is 11.9. The van der Waals surface area contributed by atoms with E-state index in [1.165, 1.54) is 11.3 Å². The minimum atomic E-state index is -0.914. The van der Waals surface area contributed by atoms with Crippen molar-refractivity contribution in [3.8, 4) is 0 Å². The van der Waals surface area contributed by atoms with E-state index in [4.69, 9.17) is 5.11 Å². The Bertz CT molecular complexity index is 391. The number of carbonyl (C=O) groups is 2. The number of aliphatic carboxylic acids is 1. The first-order valence-corrected chi connectivity index (χ1v) is 5.90. The normalized spacial score (nSPS) is 20.8. The van der Waals surface area contributed by atoms with Crippen molar-refractivity contribution < 1.29 is 14.7 Å². The van der Waals surface area contributed by atoms with Crippen molar-refractivity contribution in [1.82, 2.24) is 10.2 Å². The van der Waals surface area contributed by atoms with Gasteiger partial charge in [0.15, 0.2) is 0 Å². The lowest BCUT2D eigenvalue weighted by Gasteiger charge is -2.31. The highest BCUT2D eigenvalue weighted by molar-refractivity contribution is 7.08. The van der Waals surface area contributed by atoms with Gasteiger partial charge in [-0.25, -0.2) is 0 Å². The summed E-state index contributed by atoms with van der Waals surface area (Å²) in [5.74, 6) is -1.00. The van der Waals surface area contributed by atoms with Gasteiger partial charge in [-0.05, 0) is 11.4 Å². The number of carboxylic acid groups (broad SMARTS) is 1. The van der Waals surface area contributed by atoms with Gasteiger partial charge in [-0.15, -0.1) is 0 Å². The van der Waals surface area contributed by atoms with Crippen LogP contribution >= 0.6 is 11.3 Å². The molecular weight excluding hydrogens is 228 g/mol. The average molecular weight is 240 g/mol. The number of carbonyl (C=O) groups excluding carboxylic acids is 1. The van der Waals surface area contributed by atoms with Crippen LogP contribution in [0.5, 0.6) is 0 Å². The van der Waals surface area contributed by atoms with Gasteiger partial charge in [-0.3, -0.25) is 9.59 Å². The van der Waals surface area contributed by atoms with E-state index < -0.39 is 12.0 Å². The third kappa shape index (κ3) is 2.23. The lowest BCUT2D eigenvalue weighted by molar-refractivity contribution is -0.140. The number of thiophene rings is 1. The molecule has 6 heteroatoms. The Labute approximate surface area is 96.7 Å². The fourth-order valence-electron chi connectivity index (χ4n) is 1.67. The van der Waals surface area contributed by atoms with E-state index in [1.54, 1.807) is 16.3 Å². The van der Waals surface area contributed by atoms with E-state index in [0.717, 1.165) is 0 Å². The van der Waals surface area contributed by atoms with E-state index in [1.807, 2.05) is 5.38 Å². The number of nitrogens with zero attached hydrogens (tertiary/aromatic N) is 1. The van der Waals surface area contributed by atoms with Gasteiger partial charge in [0.25, 0.3) is 5.91 Å². The van der Waals surface area contributed by atoms with E-state index >= 15 is 0 Å². The molecule has 1 aromatic rings. The largest absolute Gasteiger partial charge is 0.480 e. The summed E-state index contributed by atoms with van der Waals surface area (Å²) in [7, 11) is 0.